The van der Waals surface area contributed by atoms with Crippen LogP contribution in [0, 0.1) is 0 Å². The maximum absolute atomic E-state index is 13.2. The summed E-state index contributed by atoms with van der Waals surface area (Å²) in [4.78, 5) is 27.9. The van der Waals surface area contributed by atoms with Crippen molar-refractivity contribution in [2.75, 3.05) is 26.2 Å². The second-order valence-corrected chi connectivity index (χ2v) is 8.34. The normalized spacial score (nSPS) is 30.0. The van der Waals surface area contributed by atoms with Gasteiger partial charge >= 0.3 is 0 Å². The second kappa shape index (κ2) is 8.62. The van der Waals surface area contributed by atoms with Crippen LogP contribution in [0.5, 0.6) is 0 Å². The number of ether oxygens (including phenoxy) is 1. The van der Waals surface area contributed by atoms with E-state index in [9.17, 15) is 9.59 Å². The average Bonchev–Trinajstić information content (AvgIpc) is 3.37. The molecule has 0 aliphatic carbocycles. The van der Waals surface area contributed by atoms with Crippen LogP contribution < -0.4 is 10.6 Å². The molecule has 2 N–H and O–H groups in total. The van der Waals surface area contributed by atoms with Crippen LogP contribution in [0.2, 0.25) is 0 Å². The summed E-state index contributed by atoms with van der Waals surface area (Å²) in [5, 5.41) is 6.33. The Labute approximate surface area is 167 Å². The van der Waals surface area contributed by atoms with E-state index in [1.165, 1.54) is 5.56 Å². The number of amides is 2. The number of piperidine rings is 1. The molecule has 1 aromatic carbocycles. The number of nitrogens with zero attached hydrogens (tertiary/aromatic N) is 1. The quantitative estimate of drug-likeness (QED) is 0.781. The summed E-state index contributed by atoms with van der Waals surface area (Å²) in [6, 6.07) is 10.3. The third-order valence-corrected chi connectivity index (χ3v) is 6.43. The van der Waals surface area contributed by atoms with Crippen LogP contribution in [0.4, 0.5) is 0 Å². The third kappa shape index (κ3) is 4.08. The maximum Gasteiger partial charge on any atom is 0.249 e. The molecule has 1 aromatic rings. The Morgan fingerprint density at radius 2 is 2.04 bits per heavy atom. The molecule has 0 radical (unpaired) electrons. The monoisotopic (exact) mass is 385 g/mol. The Balaban J connectivity index is 1.35. The van der Waals surface area contributed by atoms with E-state index in [1.54, 1.807) is 0 Å². The number of fused-ring (bicyclic) bond motifs is 1. The van der Waals surface area contributed by atoms with Crippen molar-refractivity contribution in [3.8, 4) is 0 Å². The standard InChI is InChI=1S/C22H31N3O3/c26-20(19-9-6-14-28-19)24-18-15-22(11-4-5-13-25(22)16-18)21(27)23-12-10-17-7-2-1-3-8-17/h1-3,7-8,18-19H,4-6,9-16H2,(H,23,27)(H,24,26)/t18-,19+,22+/m0/s1. The molecule has 6 nitrogen and oxygen atoms in total. The van der Waals surface area contributed by atoms with Gasteiger partial charge in [0.15, 0.2) is 0 Å². The van der Waals surface area contributed by atoms with Crippen molar-refractivity contribution in [2.24, 2.45) is 0 Å². The highest BCUT2D eigenvalue weighted by Gasteiger charge is 2.52. The van der Waals surface area contributed by atoms with E-state index in [0.29, 0.717) is 19.6 Å². The largest absolute Gasteiger partial charge is 0.368 e. The van der Waals surface area contributed by atoms with Gasteiger partial charge in [0.05, 0.1) is 0 Å². The minimum atomic E-state index is -0.469. The van der Waals surface area contributed by atoms with Crippen LogP contribution in [-0.4, -0.2) is 60.6 Å². The molecule has 0 bridgehead atoms. The molecule has 3 aliphatic rings. The first-order valence-corrected chi connectivity index (χ1v) is 10.7. The first-order valence-electron chi connectivity index (χ1n) is 10.7. The van der Waals surface area contributed by atoms with Gasteiger partial charge in [0.25, 0.3) is 0 Å². The van der Waals surface area contributed by atoms with Crippen molar-refractivity contribution in [1.82, 2.24) is 15.5 Å². The highest BCUT2D eigenvalue weighted by molar-refractivity contribution is 5.87. The second-order valence-electron chi connectivity index (χ2n) is 8.34. The molecule has 2 amide bonds. The molecule has 28 heavy (non-hydrogen) atoms. The molecule has 0 aromatic heterocycles. The van der Waals surface area contributed by atoms with Gasteiger partial charge in [0, 0.05) is 25.7 Å². The Morgan fingerprint density at radius 1 is 1.18 bits per heavy atom. The SMILES string of the molecule is O=C(N[C@@H]1CN2CCCC[C@]2(C(=O)NCCc2ccccc2)C1)[C@H]1CCCO1. The number of rotatable bonds is 6. The molecule has 3 atom stereocenters. The number of carbonyl (C=O) groups is 2. The van der Waals surface area contributed by atoms with Gasteiger partial charge in [-0.05, 0) is 57.1 Å². The fourth-order valence-corrected chi connectivity index (χ4v) is 4.98. The van der Waals surface area contributed by atoms with Crippen molar-refractivity contribution in [2.45, 2.75) is 62.6 Å². The fourth-order valence-electron chi connectivity index (χ4n) is 4.98. The van der Waals surface area contributed by atoms with Gasteiger partial charge < -0.3 is 15.4 Å². The van der Waals surface area contributed by atoms with Crippen LogP contribution in [-0.2, 0) is 20.7 Å². The van der Waals surface area contributed by atoms with Crippen molar-refractivity contribution in [3.05, 3.63) is 35.9 Å². The number of benzene rings is 1. The van der Waals surface area contributed by atoms with Gasteiger partial charge in [-0.1, -0.05) is 30.3 Å². The predicted octanol–water partition coefficient (Wildman–Crippen LogP) is 1.64. The molecule has 4 rings (SSSR count). The zero-order valence-corrected chi connectivity index (χ0v) is 16.5. The lowest BCUT2D eigenvalue weighted by Crippen LogP contribution is -2.57. The summed E-state index contributed by atoms with van der Waals surface area (Å²) in [5.41, 5.74) is 0.762. The van der Waals surface area contributed by atoms with Crippen LogP contribution in [0.15, 0.2) is 30.3 Å². The lowest BCUT2D eigenvalue weighted by Gasteiger charge is -2.40. The molecule has 3 heterocycles. The molecular weight excluding hydrogens is 354 g/mol. The van der Waals surface area contributed by atoms with Crippen LogP contribution >= 0.6 is 0 Å². The Hall–Kier alpha value is -1.92. The van der Waals surface area contributed by atoms with Crippen molar-refractivity contribution in [1.29, 1.82) is 0 Å². The smallest absolute Gasteiger partial charge is 0.249 e. The van der Waals surface area contributed by atoms with Crippen LogP contribution in [0.1, 0.15) is 44.1 Å². The summed E-state index contributed by atoms with van der Waals surface area (Å²) in [7, 11) is 0. The lowest BCUT2D eigenvalue weighted by molar-refractivity contribution is -0.134. The first kappa shape index (κ1) is 19.4. The highest BCUT2D eigenvalue weighted by atomic mass is 16.5. The molecule has 0 unspecified atom stereocenters. The summed E-state index contributed by atoms with van der Waals surface area (Å²) in [6.45, 7) is 3.00. The Kier molecular flexibility index (Phi) is 5.97. The molecular formula is C22H31N3O3. The van der Waals surface area contributed by atoms with Gasteiger partial charge in [-0.15, -0.1) is 0 Å². The fraction of sp³-hybridized carbons (Fsp3) is 0.636. The van der Waals surface area contributed by atoms with E-state index in [2.05, 4.69) is 27.7 Å². The summed E-state index contributed by atoms with van der Waals surface area (Å²) in [6.07, 6.45) is 6.02. The Morgan fingerprint density at radius 3 is 2.82 bits per heavy atom. The van der Waals surface area contributed by atoms with Gasteiger partial charge in [0.2, 0.25) is 11.8 Å². The summed E-state index contributed by atoms with van der Waals surface area (Å²) >= 11 is 0. The van der Waals surface area contributed by atoms with Crippen LogP contribution in [0.3, 0.4) is 0 Å². The van der Waals surface area contributed by atoms with Crippen molar-refractivity contribution >= 4 is 11.8 Å². The predicted molar refractivity (Wildman–Crippen MR) is 107 cm³/mol. The molecule has 0 saturated carbocycles. The number of hydrogen-bond acceptors (Lipinski definition) is 4. The molecule has 0 spiro atoms. The first-order chi connectivity index (χ1) is 13.7. The van der Waals surface area contributed by atoms with E-state index in [1.807, 2.05) is 18.2 Å². The van der Waals surface area contributed by atoms with Gasteiger partial charge in [-0.25, -0.2) is 0 Å². The summed E-state index contributed by atoms with van der Waals surface area (Å²) in [5.74, 6) is 0.110. The third-order valence-electron chi connectivity index (χ3n) is 6.43. The van der Waals surface area contributed by atoms with E-state index in [-0.39, 0.29) is 24.0 Å². The maximum atomic E-state index is 13.2. The molecule has 3 fully saturated rings. The van der Waals surface area contributed by atoms with E-state index in [4.69, 9.17) is 4.74 Å². The minimum Gasteiger partial charge on any atom is -0.368 e. The molecule has 6 heteroatoms. The van der Waals surface area contributed by atoms with Crippen LogP contribution in [0.25, 0.3) is 0 Å². The zero-order valence-electron chi connectivity index (χ0n) is 16.5. The topological polar surface area (TPSA) is 70.7 Å². The molecule has 152 valence electrons. The minimum absolute atomic E-state index is 0.0121. The average molecular weight is 386 g/mol. The Bertz CT molecular complexity index is 690. The lowest BCUT2D eigenvalue weighted by atomic mass is 9.84. The number of nitrogens with one attached hydrogen (secondary N) is 2. The van der Waals surface area contributed by atoms with E-state index in [0.717, 1.165) is 51.6 Å². The zero-order chi connectivity index (χ0) is 19.4. The van der Waals surface area contributed by atoms with Crippen molar-refractivity contribution in [3.63, 3.8) is 0 Å². The van der Waals surface area contributed by atoms with E-state index >= 15 is 0 Å². The number of carbonyl (C=O) groups excluding carboxylic acids is 2. The highest BCUT2D eigenvalue weighted by Crippen LogP contribution is 2.38. The van der Waals surface area contributed by atoms with Gasteiger partial charge in [0.1, 0.15) is 11.6 Å². The molecule has 3 saturated heterocycles. The number of hydrogen-bond donors (Lipinski definition) is 2. The van der Waals surface area contributed by atoms with Gasteiger partial charge in [-0.2, -0.15) is 0 Å². The van der Waals surface area contributed by atoms with E-state index < -0.39 is 5.54 Å². The van der Waals surface area contributed by atoms with Crippen molar-refractivity contribution < 1.29 is 14.3 Å². The summed E-state index contributed by atoms with van der Waals surface area (Å²) < 4.78 is 5.51. The molecule has 3 aliphatic heterocycles. The van der Waals surface area contributed by atoms with Gasteiger partial charge in [-0.3, -0.25) is 14.5 Å².